The zero-order valence-corrected chi connectivity index (χ0v) is 20.2. The molecule has 3 aromatic carbocycles. The molecule has 0 heterocycles. The van der Waals surface area contributed by atoms with Crippen molar-refractivity contribution >= 4 is 52.5 Å². The second-order valence-corrected chi connectivity index (χ2v) is 9.00. The highest BCUT2D eigenvalue weighted by molar-refractivity contribution is 7.99. The Kier molecular flexibility index (Phi) is 9.38. The van der Waals surface area contributed by atoms with Crippen LogP contribution in [-0.2, 0) is 25.3 Å². The molecule has 0 aliphatic heterocycles. The van der Waals surface area contributed by atoms with Crippen molar-refractivity contribution in [3.8, 4) is 0 Å². The largest absolute Gasteiger partial charge is 0.456 e. The van der Waals surface area contributed by atoms with Gasteiger partial charge in [0.05, 0.1) is 12.0 Å². The van der Waals surface area contributed by atoms with Crippen LogP contribution in [0.4, 0.5) is 24.5 Å². The molecule has 188 valence electrons. The van der Waals surface area contributed by atoms with E-state index in [1.165, 1.54) is 17.8 Å². The molecule has 0 atom stereocenters. The summed E-state index contributed by atoms with van der Waals surface area (Å²) in [5, 5.41) is 5.55. The average molecular weight is 537 g/mol. The maximum atomic E-state index is 12.7. The Labute approximate surface area is 214 Å². The van der Waals surface area contributed by atoms with Gasteiger partial charge in [-0.2, -0.15) is 13.2 Å². The second-order valence-electron chi connectivity index (χ2n) is 7.42. The summed E-state index contributed by atoms with van der Waals surface area (Å²) in [4.78, 5) is 37.8. The lowest BCUT2D eigenvalue weighted by atomic mass is 10.2. The molecular formula is C25H20ClF3N2O4S. The van der Waals surface area contributed by atoms with E-state index in [1.807, 2.05) is 24.3 Å². The molecule has 0 bridgehead atoms. The SMILES string of the molecule is O=C(CCC(=O)OCC(=O)Nc1cccc(C(F)(F)F)c1)Nc1ccc(Sc2ccc(Cl)cc2)cc1. The molecule has 11 heteroatoms. The van der Waals surface area contributed by atoms with Crippen LogP contribution in [0.1, 0.15) is 18.4 Å². The van der Waals surface area contributed by atoms with Crippen LogP contribution < -0.4 is 10.6 Å². The van der Waals surface area contributed by atoms with Crippen LogP contribution in [0.3, 0.4) is 0 Å². The Morgan fingerprint density at radius 3 is 2.06 bits per heavy atom. The normalized spacial score (nSPS) is 11.0. The summed E-state index contributed by atoms with van der Waals surface area (Å²) in [7, 11) is 0. The van der Waals surface area contributed by atoms with E-state index in [0.29, 0.717) is 10.7 Å². The third-order valence-electron chi connectivity index (χ3n) is 4.58. The summed E-state index contributed by atoms with van der Waals surface area (Å²) >= 11 is 7.41. The van der Waals surface area contributed by atoms with E-state index < -0.39 is 36.1 Å². The highest BCUT2D eigenvalue weighted by Crippen LogP contribution is 2.31. The van der Waals surface area contributed by atoms with Gasteiger partial charge in [0.15, 0.2) is 6.61 Å². The Bertz CT molecular complexity index is 1220. The fourth-order valence-electron chi connectivity index (χ4n) is 2.87. The first-order valence-corrected chi connectivity index (χ1v) is 11.7. The molecule has 2 amide bonds. The van der Waals surface area contributed by atoms with E-state index in [4.69, 9.17) is 16.3 Å². The molecule has 0 saturated heterocycles. The minimum atomic E-state index is -4.55. The van der Waals surface area contributed by atoms with Crippen molar-refractivity contribution in [2.75, 3.05) is 17.2 Å². The van der Waals surface area contributed by atoms with E-state index >= 15 is 0 Å². The Hall–Kier alpha value is -3.50. The van der Waals surface area contributed by atoms with Crippen molar-refractivity contribution in [3.05, 3.63) is 83.4 Å². The van der Waals surface area contributed by atoms with E-state index in [9.17, 15) is 27.6 Å². The fraction of sp³-hybridized carbons (Fsp3) is 0.160. The molecule has 0 fully saturated rings. The summed E-state index contributed by atoms with van der Waals surface area (Å²) in [5.41, 5.74) is -0.449. The molecule has 0 unspecified atom stereocenters. The predicted molar refractivity (Wildman–Crippen MR) is 131 cm³/mol. The van der Waals surface area contributed by atoms with E-state index in [2.05, 4.69) is 10.6 Å². The van der Waals surface area contributed by atoms with Crippen LogP contribution in [0.5, 0.6) is 0 Å². The molecule has 3 rings (SSSR count). The first-order valence-electron chi connectivity index (χ1n) is 10.5. The maximum absolute atomic E-state index is 12.7. The lowest BCUT2D eigenvalue weighted by Crippen LogP contribution is -2.22. The lowest BCUT2D eigenvalue weighted by Gasteiger charge is -2.10. The molecule has 0 saturated carbocycles. The highest BCUT2D eigenvalue weighted by Gasteiger charge is 2.30. The second kappa shape index (κ2) is 12.5. The zero-order chi connectivity index (χ0) is 26.1. The van der Waals surface area contributed by atoms with Crippen LogP contribution in [0, 0.1) is 0 Å². The number of rotatable bonds is 9. The van der Waals surface area contributed by atoms with Crippen LogP contribution >= 0.6 is 23.4 Å². The average Bonchev–Trinajstić information content (AvgIpc) is 2.84. The summed E-state index contributed by atoms with van der Waals surface area (Å²) in [6.45, 7) is -0.691. The van der Waals surface area contributed by atoms with Gasteiger partial charge in [0.1, 0.15) is 0 Å². The van der Waals surface area contributed by atoms with Gasteiger partial charge < -0.3 is 15.4 Å². The van der Waals surface area contributed by atoms with Gasteiger partial charge in [-0.25, -0.2) is 0 Å². The monoisotopic (exact) mass is 536 g/mol. The number of anilines is 2. The molecule has 0 radical (unpaired) electrons. The van der Waals surface area contributed by atoms with Crippen molar-refractivity contribution in [2.24, 2.45) is 0 Å². The van der Waals surface area contributed by atoms with Gasteiger partial charge in [0.2, 0.25) is 5.91 Å². The lowest BCUT2D eigenvalue weighted by molar-refractivity contribution is -0.147. The van der Waals surface area contributed by atoms with E-state index in [0.717, 1.165) is 28.0 Å². The van der Waals surface area contributed by atoms with Gasteiger partial charge in [-0.3, -0.25) is 14.4 Å². The predicted octanol–water partition coefficient (Wildman–Crippen LogP) is 6.41. The van der Waals surface area contributed by atoms with Gasteiger partial charge in [0.25, 0.3) is 5.91 Å². The summed E-state index contributed by atoms with van der Waals surface area (Å²) in [6.07, 6.45) is -4.99. The van der Waals surface area contributed by atoms with Crippen molar-refractivity contribution in [1.82, 2.24) is 0 Å². The van der Waals surface area contributed by atoms with Crippen molar-refractivity contribution < 1.29 is 32.3 Å². The van der Waals surface area contributed by atoms with Crippen molar-refractivity contribution in [1.29, 1.82) is 0 Å². The number of carbonyl (C=O) groups excluding carboxylic acids is 3. The summed E-state index contributed by atoms with van der Waals surface area (Å²) in [6, 6.07) is 18.6. The van der Waals surface area contributed by atoms with Gasteiger partial charge in [-0.05, 0) is 66.7 Å². The minimum absolute atomic E-state index is 0.0807. The molecule has 3 aromatic rings. The Balaban J connectivity index is 1.37. The van der Waals surface area contributed by atoms with Crippen LogP contribution in [-0.4, -0.2) is 24.4 Å². The third-order valence-corrected chi connectivity index (χ3v) is 5.85. The Morgan fingerprint density at radius 2 is 1.42 bits per heavy atom. The number of hydrogen-bond acceptors (Lipinski definition) is 5. The fourth-order valence-corrected chi connectivity index (χ4v) is 3.82. The quantitative estimate of drug-likeness (QED) is 0.309. The minimum Gasteiger partial charge on any atom is -0.456 e. The number of amides is 2. The van der Waals surface area contributed by atoms with Gasteiger partial charge in [0, 0.05) is 32.6 Å². The number of alkyl halides is 3. The molecule has 0 aliphatic carbocycles. The zero-order valence-electron chi connectivity index (χ0n) is 18.6. The van der Waals surface area contributed by atoms with E-state index in [-0.39, 0.29) is 18.5 Å². The van der Waals surface area contributed by atoms with Crippen LogP contribution in [0.25, 0.3) is 0 Å². The Morgan fingerprint density at radius 1 is 0.806 bits per heavy atom. The number of benzene rings is 3. The van der Waals surface area contributed by atoms with Gasteiger partial charge in [-0.15, -0.1) is 0 Å². The first kappa shape index (κ1) is 27.1. The van der Waals surface area contributed by atoms with Crippen LogP contribution in [0.15, 0.2) is 82.6 Å². The van der Waals surface area contributed by atoms with Crippen molar-refractivity contribution in [3.63, 3.8) is 0 Å². The number of halogens is 4. The number of hydrogen-bond donors (Lipinski definition) is 2. The number of ether oxygens (including phenoxy) is 1. The number of esters is 1. The van der Waals surface area contributed by atoms with Crippen LogP contribution in [0.2, 0.25) is 5.02 Å². The summed E-state index contributed by atoms with van der Waals surface area (Å²) < 4.78 is 43.0. The van der Waals surface area contributed by atoms with Gasteiger partial charge >= 0.3 is 12.1 Å². The maximum Gasteiger partial charge on any atom is 0.416 e. The smallest absolute Gasteiger partial charge is 0.416 e. The van der Waals surface area contributed by atoms with Crippen molar-refractivity contribution in [2.45, 2.75) is 28.8 Å². The summed E-state index contributed by atoms with van der Waals surface area (Å²) in [5.74, 6) is -2.01. The first-order chi connectivity index (χ1) is 17.1. The molecule has 0 spiro atoms. The third kappa shape index (κ3) is 8.94. The highest BCUT2D eigenvalue weighted by atomic mass is 35.5. The molecule has 36 heavy (non-hydrogen) atoms. The number of carbonyl (C=O) groups is 3. The molecule has 0 aliphatic rings. The van der Waals surface area contributed by atoms with E-state index in [1.54, 1.807) is 24.3 Å². The standard InChI is InChI=1S/C25H20ClF3N2O4S/c26-17-4-8-20(9-5-17)36-21-10-6-18(7-11-21)30-22(32)12-13-24(34)35-15-23(33)31-19-3-1-2-16(14-19)25(27,28)29/h1-11,14H,12-13,15H2,(H,30,32)(H,31,33). The molecule has 2 N–H and O–H groups in total. The molecular weight excluding hydrogens is 517 g/mol. The number of nitrogens with one attached hydrogen (secondary N) is 2. The van der Waals surface area contributed by atoms with Gasteiger partial charge in [-0.1, -0.05) is 29.4 Å². The molecule has 6 nitrogen and oxygen atoms in total. The topological polar surface area (TPSA) is 84.5 Å². The molecule has 0 aromatic heterocycles.